The Morgan fingerprint density at radius 2 is 2.18 bits per heavy atom. The van der Waals surface area contributed by atoms with E-state index in [0.29, 0.717) is 13.1 Å². The molecule has 1 N–H and O–H groups in total. The second-order valence-electron chi connectivity index (χ2n) is 4.07. The van der Waals surface area contributed by atoms with Crippen molar-refractivity contribution in [1.82, 2.24) is 4.90 Å². The highest BCUT2D eigenvalue weighted by Crippen LogP contribution is 2.35. The molecule has 5 heteroatoms. The van der Waals surface area contributed by atoms with E-state index in [-0.39, 0.29) is 18.8 Å². The molecule has 0 spiro atoms. The van der Waals surface area contributed by atoms with Gasteiger partial charge in [-0.25, -0.2) is 0 Å². The molecule has 1 atom stereocenters. The third-order valence-corrected chi connectivity index (χ3v) is 3.10. The van der Waals surface area contributed by atoms with Gasteiger partial charge in [0.2, 0.25) is 6.79 Å². The molecule has 0 aliphatic carbocycles. The van der Waals surface area contributed by atoms with E-state index in [1.807, 2.05) is 30.1 Å². The zero-order valence-corrected chi connectivity index (χ0v) is 10.5. The van der Waals surface area contributed by atoms with Crippen molar-refractivity contribution in [2.24, 2.45) is 0 Å². The van der Waals surface area contributed by atoms with E-state index in [4.69, 9.17) is 26.2 Å². The number of aliphatic hydroxyl groups excluding tert-OH is 1. The molecule has 0 amide bonds. The van der Waals surface area contributed by atoms with Crippen LogP contribution in [0.3, 0.4) is 0 Å². The van der Waals surface area contributed by atoms with Crippen LogP contribution in [0.5, 0.6) is 11.5 Å². The van der Waals surface area contributed by atoms with Gasteiger partial charge in [0.25, 0.3) is 0 Å². The summed E-state index contributed by atoms with van der Waals surface area (Å²) in [4.78, 5) is 1.99. The van der Waals surface area contributed by atoms with Crippen LogP contribution in [0.15, 0.2) is 18.2 Å². The molecule has 0 fully saturated rings. The van der Waals surface area contributed by atoms with E-state index in [2.05, 4.69) is 0 Å². The molecule has 0 saturated carbocycles. The molecule has 0 aromatic heterocycles. The summed E-state index contributed by atoms with van der Waals surface area (Å²) in [7, 11) is 1.93. The molecule has 4 nitrogen and oxygen atoms in total. The number of halogens is 1. The van der Waals surface area contributed by atoms with Gasteiger partial charge in [-0.2, -0.15) is 0 Å². The maximum Gasteiger partial charge on any atom is 0.231 e. The summed E-state index contributed by atoms with van der Waals surface area (Å²) in [6.45, 7) is 1.72. The molecular formula is C12H16ClNO3. The summed E-state index contributed by atoms with van der Waals surface area (Å²) < 4.78 is 10.6. The number of likely N-dealkylation sites (N-methyl/N-ethyl adjacent to an activating group) is 1. The minimum atomic E-state index is -0.124. The van der Waals surface area contributed by atoms with Gasteiger partial charge in [-0.1, -0.05) is 6.07 Å². The highest BCUT2D eigenvalue weighted by molar-refractivity contribution is 6.21. The summed E-state index contributed by atoms with van der Waals surface area (Å²) in [5, 5.41) is 8.70. The van der Waals surface area contributed by atoms with Crippen LogP contribution < -0.4 is 9.47 Å². The average Bonchev–Trinajstić information content (AvgIpc) is 2.75. The van der Waals surface area contributed by atoms with Gasteiger partial charge in [-0.15, -0.1) is 11.6 Å². The molecular weight excluding hydrogens is 242 g/mol. The molecule has 2 rings (SSSR count). The highest BCUT2D eigenvalue weighted by Gasteiger charge is 2.17. The van der Waals surface area contributed by atoms with Crippen molar-refractivity contribution in [2.75, 3.05) is 33.5 Å². The Morgan fingerprint density at radius 1 is 1.41 bits per heavy atom. The molecule has 1 heterocycles. The SMILES string of the molecule is CN(CCO)CC(Cl)c1ccc2c(c1)OCO2. The third kappa shape index (κ3) is 3.03. The molecule has 0 radical (unpaired) electrons. The van der Waals surface area contributed by atoms with Crippen LogP contribution in [0.2, 0.25) is 0 Å². The van der Waals surface area contributed by atoms with Gasteiger partial charge in [0.15, 0.2) is 11.5 Å². The molecule has 1 aromatic carbocycles. The van der Waals surface area contributed by atoms with E-state index in [9.17, 15) is 0 Å². The molecule has 17 heavy (non-hydrogen) atoms. The van der Waals surface area contributed by atoms with Crippen molar-refractivity contribution in [1.29, 1.82) is 0 Å². The van der Waals surface area contributed by atoms with Crippen LogP contribution in [0.4, 0.5) is 0 Å². The molecule has 1 aliphatic heterocycles. The van der Waals surface area contributed by atoms with Crippen LogP contribution in [0.25, 0.3) is 0 Å². The van der Waals surface area contributed by atoms with Crippen molar-refractivity contribution >= 4 is 11.6 Å². The smallest absolute Gasteiger partial charge is 0.231 e. The van der Waals surface area contributed by atoms with Gasteiger partial charge >= 0.3 is 0 Å². The van der Waals surface area contributed by atoms with E-state index in [1.54, 1.807) is 0 Å². The zero-order chi connectivity index (χ0) is 12.3. The van der Waals surface area contributed by atoms with Gasteiger partial charge in [-0.3, -0.25) is 0 Å². The number of hydrogen-bond donors (Lipinski definition) is 1. The Balaban J connectivity index is 2.01. The average molecular weight is 258 g/mol. The van der Waals surface area contributed by atoms with Crippen LogP contribution in [0, 0.1) is 0 Å². The van der Waals surface area contributed by atoms with E-state index in [1.165, 1.54) is 0 Å². The lowest BCUT2D eigenvalue weighted by molar-refractivity contribution is 0.174. The topological polar surface area (TPSA) is 41.9 Å². The molecule has 94 valence electrons. The number of aliphatic hydroxyl groups is 1. The molecule has 0 bridgehead atoms. The Labute approximate surface area is 106 Å². The standard InChI is InChI=1S/C12H16ClNO3/c1-14(4-5-15)7-10(13)9-2-3-11-12(6-9)17-8-16-11/h2-3,6,10,15H,4-5,7-8H2,1H3. The predicted molar refractivity (Wildman–Crippen MR) is 65.7 cm³/mol. The van der Waals surface area contributed by atoms with Crippen molar-refractivity contribution in [3.05, 3.63) is 23.8 Å². The first-order valence-corrected chi connectivity index (χ1v) is 5.97. The Morgan fingerprint density at radius 3 is 2.94 bits per heavy atom. The zero-order valence-electron chi connectivity index (χ0n) is 9.73. The number of ether oxygens (including phenoxy) is 2. The number of rotatable bonds is 5. The van der Waals surface area contributed by atoms with Gasteiger partial charge in [0, 0.05) is 13.1 Å². The lowest BCUT2D eigenvalue weighted by atomic mass is 10.1. The van der Waals surface area contributed by atoms with Crippen LogP contribution >= 0.6 is 11.6 Å². The number of alkyl halides is 1. The van der Waals surface area contributed by atoms with Crippen molar-refractivity contribution < 1.29 is 14.6 Å². The third-order valence-electron chi connectivity index (χ3n) is 2.71. The normalized spacial score (nSPS) is 15.3. The maximum absolute atomic E-state index is 8.83. The fraction of sp³-hybridized carbons (Fsp3) is 0.500. The van der Waals surface area contributed by atoms with Crippen molar-refractivity contribution in [3.8, 4) is 11.5 Å². The second kappa shape index (κ2) is 5.58. The first-order chi connectivity index (χ1) is 8.20. The van der Waals surface area contributed by atoms with Gasteiger partial charge < -0.3 is 19.5 Å². The molecule has 1 unspecified atom stereocenters. The van der Waals surface area contributed by atoms with Crippen molar-refractivity contribution in [2.45, 2.75) is 5.38 Å². The highest BCUT2D eigenvalue weighted by atomic mass is 35.5. The Kier molecular flexibility index (Phi) is 4.10. The predicted octanol–water partition coefficient (Wildman–Crippen LogP) is 1.62. The fourth-order valence-electron chi connectivity index (χ4n) is 1.75. The summed E-state index contributed by atoms with van der Waals surface area (Å²) in [5.74, 6) is 1.51. The first kappa shape index (κ1) is 12.5. The molecule has 1 aliphatic rings. The minimum absolute atomic E-state index is 0.124. The monoisotopic (exact) mass is 257 g/mol. The van der Waals surface area contributed by atoms with Crippen molar-refractivity contribution in [3.63, 3.8) is 0 Å². The van der Waals surface area contributed by atoms with Gasteiger partial charge in [0.05, 0.1) is 12.0 Å². The number of hydrogen-bond acceptors (Lipinski definition) is 4. The Bertz CT molecular complexity index is 386. The largest absolute Gasteiger partial charge is 0.454 e. The quantitative estimate of drug-likeness (QED) is 0.814. The van der Waals surface area contributed by atoms with Gasteiger partial charge in [0.1, 0.15) is 0 Å². The lowest BCUT2D eigenvalue weighted by Gasteiger charge is -2.19. The Hall–Kier alpha value is -0.970. The fourth-order valence-corrected chi connectivity index (χ4v) is 2.12. The van der Waals surface area contributed by atoms with Crippen LogP contribution in [-0.4, -0.2) is 43.5 Å². The maximum atomic E-state index is 8.83. The van der Waals surface area contributed by atoms with Gasteiger partial charge in [-0.05, 0) is 24.7 Å². The lowest BCUT2D eigenvalue weighted by Crippen LogP contribution is -2.25. The van der Waals surface area contributed by atoms with Crippen LogP contribution in [0.1, 0.15) is 10.9 Å². The molecule has 0 saturated heterocycles. The minimum Gasteiger partial charge on any atom is -0.454 e. The van der Waals surface area contributed by atoms with E-state index in [0.717, 1.165) is 17.1 Å². The first-order valence-electron chi connectivity index (χ1n) is 5.53. The number of benzene rings is 1. The number of nitrogens with zero attached hydrogens (tertiary/aromatic N) is 1. The summed E-state index contributed by atoms with van der Waals surface area (Å²) >= 11 is 6.32. The summed E-state index contributed by atoms with van der Waals surface area (Å²) in [6.07, 6.45) is 0. The van der Waals surface area contributed by atoms with Crippen LogP contribution in [-0.2, 0) is 0 Å². The second-order valence-corrected chi connectivity index (χ2v) is 4.59. The van der Waals surface area contributed by atoms with E-state index < -0.39 is 0 Å². The van der Waals surface area contributed by atoms with E-state index >= 15 is 0 Å². The summed E-state index contributed by atoms with van der Waals surface area (Å²) in [5.41, 5.74) is 1.00. The molecule has 1 aromatic rings. The number of fused-ring (bicyclic) bond motifs is 1. The summed E-state index contributed by atoms with van der Waals surface area (Å²) in [6, 6.07) is 5.73.